The molecule has 0 radical (unpaired) electrons. The number of hydrogen-bond donors (Lipinski definition) is 0. The second-order valence-corrected chi connectivity index (χ2v) is 6.89. The van der Waals surface area contributed by atoms with Gasteiger partial charge in [0.25, 0.3) is 0 Å². The van der Waals surface area contributed by atoms with Gasteiger partial charge in [0.2, 0.25) is 0 Å². The molecule has 118 valence electrons. The molecule has 1 aliphatic carbocycles. The molecule has 1 unspecified atom stereocenters. The van der Waals surface area contributed by atoms with Gasteiger partial charge in [-0.1, -0.05) is 60.6 Å². The minimum atomic E-state index is 0.411. The Kier molecular flexibility index (Phi) is 5.93. The zero-order valence-corrected chi connectivity index (χ0v) is 15.2. The minimum absolute atomic E-state index is 0.411. The standard InChI is InChI=1S/C20H38/c1-8-17-15-16-18(9-2,10-3)20(13-6,14-7)19(17,11-4)12-5/h15-17H,8-14H2,1-7H3. The van der Waals surface area contributed by atoms with Gasteiger partial charge in [0.05, 0.1) is 0 Å². The van der Waals surface area contributed by atoms with Crippen LogP contribution in [0.1, 0.15) is 93.4 Å². The molecular formula is C20H38. The van der Waals surface area contributed by atoms with Crippen LogP contribution in [0.5, 0.6) is 0 Å². The van der Waals surface area contributed by atoms with Crippen molar-refractivity contribution in [2.45, 2.75) is 93.4 Å². The molecule has 0 spiro atoms. The van der Waals surface area contributed by atoms with Crippen LogP contribution in [0.4, 0.5) is 0 Å². The highest BCUT2D eigenvalue weighted by molar-refractivity contribution is 5.22. The molecule has 0 aromatic rings. The first kappa shape index (κ1) is 17.8. The lowest BCUT2D eigenvalue weighted by atomic mass is 9.40. The highest BCUT2D eigenvalue weighted by atomic mass is 14.6. The summed E-state index contributed by atoms with van der Waals surface area (Å²) < 4.78 is 0. The van der Waals surface area contributed by atoms with Crippen LogP contribution in [0.2, 0.25) is 0 Å². The molecule has 0 saturated heterocycles. The van der Waals surface area contributed by atoms with E-state index >= 15 is 0 Å². The van der Waals surface area contributed by atoms with Gasteiger partial charge in [-0.05, 0) is 67.1 Å². The number of allylic oxidation sites excluding steroid dienone is 2. The van der Waals surface area contributed by atoms with Crippen LogP contribution in [0, 0.1) is 22.2 Å². The summed E-state index contributed by atoms with van der Waals surface area (Å²) in [6.07, 6.45) is 14.4. The van der Waals surface area contributed by atoms with E-state index in [-0.39, 0.29) is 0 Å². The van der Waals surface area contributed by atoms with Crippen molar-refractivity contribution >= 4 is 0 Å². The van der Waals surface area contributed by atoms with Gasteiger partial charge in [0.1, 0.15) is 0 Å². The van der Waals surface area contributed by atoms with Crippen molar-refractivity contribution in [1.82, 2.24) is 0 Å². The summed E-state index contributed by atoms with van der Waals surface area (Å²) in [6, 6.07) is 0. The minimum Gasteiger partial charge on any atom is -0.0843 e. The fraction of sp³-hybridized carbons (Fsp3) is 0.900. The summed E-state index contributed by atoms with van der Waals surface area (Å²) >= 11 is 0. The first-order valence-corrected chi connectivity index (χ1v) is 9.22. The predicted molar refractivity (Wildman–Crippen MR) is 92.0 cm³/mol. The Morgan fingerprint density at radius 1 is 0.700 bits per heavy atom. The molecule has 0 aliphatic heterocycles. The predicted octanol–water partition coefficient (Wildman–Crippen LogP) is 7.00. The van der Waals surface area contributed by atoms with E-state index in [9.17, 15) is 0 Å². The van der Waals surface area contributed by atoms with Crippen LogP contribution in [-0.4, -0.2) is 0 Å². The molecule has 20 heavy (non-hydrogen) atoms. The summed E-state index contributed by atoms with van der Waals surface area (Å²) in [4.78, 5) is 0. The van der Waals surface area contributed by atoms with Gasteiger partial charge < -0.3 is 0 Å². The van der Waals surface area contributed by atoms with E-state index in [4.69, 9.17) is 0 Å². The van der Waals surface area contributed by atoms with E-state index in [1.165, 1.54) is 44.9 Å². The van der Waals surface area contributed by atoms with Crippen molar-refractivity contribution in [3.63, 3.8) is 0 Å². The molecule has 0 fully saturated rings. The second kappa shape index (κ2) is 6.67. The van der Waals surface area contributed by atoms with Gasteiger partial charge in [0, 0.05) is 0 Å². The van der Waals surface area contributed by atoms with Gasteiger partial charge in [-0.15, -0.1) is 0 Å². The topological polar surface area (TPSA) is 0 Å². The summed E-state index contributed by atoms with van der Waals surface area (Å²) in [5.41, 5.74) is 1.38. The van der Waals surface area contributed by atoms with Crippen molar-refractivity contribution in [2.75, 3.05) is 0 Å². The van der Waals surface area contributed by atoms with Crippen molar-refractivity contribution in [2.24, 2.45) is 22.2 Å². The highest BCUT2D eigenvalue weighted by Gasteiger charge is 2.60. The van der Waals surface area contributed by atoms with E-state index in [0.29, 0.717) is 16.2 Å². The Labute approximate surface area is 128 Å². The molecule has 0 aromatic heterocycles. The van der Waals surface area contributed by atoms with E-state index < -0.39 is 0 Å². The van der Waals surface area contributed by atoms with Crippen LogP contribution in [0.3, 0.4) is 0 Å². The summed E-state index contributed by atoms with van der Waals surface area (Å²) in [6.45, 7) is 17.0. The van der Waals surface area contributed by atoms with Crippen LogP contribution >= 0.6 is 0 Å². The molecule has 0 saturated carbocycles. The van der Waals surface area contributed by atoms with Crippen LogP contribution in [-0.2, 0) is 0 Å². The van der Waals surface area contributed by atoms with Gasteiger partial charge >= 0.3 is 0 Å². The fourth-order valence-corrected chi connectivity index (χ4v) is 6.29. The molecule has 0 aromatic carbocycles. The average molecular weight is 279 g/mol. The maximum Gasteiger partial charge on any atom is -0.00616 e. The van der Waals surface area contributed by atoms with Crippen molar-refractivity contribution in [3.05, 3.63) is 12.2 Å². The Balaban J connectivity index is 3.62. The van der Waals surface area contributed by atoms with E-state index in [2.05, 4.69) is 60.6 Å². The largest absolute Gasteiger partial charge is 0.0843 e. The number of rotatable bonds is 7. The first-order valence-electron chi connectivity index (χ1n) is 9.22. The third kappa shape index (κ3) is 2.01. The molecule has 0 heteroatoms. The molecule has 0 bridgehead atoms. The first-order chi connectivity index (χ1) is 9.53. The molecule has 0 amide bonds. The molecule has 0 heterocycles. The lowest BCUT2D eigenvalue weighted by molar-refractivity contribution is -0.120. The number of hydrogen-bond acceptors (Lipinski definition) is 0. The van der Waals surface area contributed by atoms with Crippen molar-refractivity contribution < 1.29 is 0 Å². The molecule has 0 nitrogen and oxygen atoms in total. The van der Waals surface area contributed by atoms with Gasteiger partial charge in [-0.2, -0.15) is 0 Å². The maximum absolute atomic E-state index is 2.64. The van der Waals surface area contributed by atoms with E-state index in [1.54, 1.807) is 0 Å². The Morgan fingerprint density at radius 3 is 1.50 bits per heavy atom. The molecular weight excluding hydrogens is 240 g/mol. The molecule has 1 atom stereocenters. The Hall–Kier alpha value is -0.260. The smallest absolute Gasteiger partial charge is 0.00616 e. The molecule has 1 rings (SSSR count). The van der Waals surface area contributed by atoms with E-state index in [0.717, 1.165) is 5.92 Å². The summed E-state index contributed by atoms with van der Waals surface area (Å²) in [5, 5.41) is 0. The molecule has 1 aliphatic rings. The SMILES string of the molecule is CCC1C=CC(CC)(CC)C(CC)(CC)C1(CC)CC. The van der Waals surface area contributed by atoms with Gasteiger partial charge in [-0.25, -0.2) is 0 Å². The zero-order chi connectivity index (χ0) is 15.4. The fourth-order valence-electron chi connectivity index (χ4n) is 6.29. The quantitative estimate of drug-likeness (QED) is 0.440. The average Bonchev–Trinajstić information content (AvgIpc) is 2.52. The monoisotopic (exact) mass is 278 g/mol. The lowest BCUT2D eigenvalue weighted by Crippen LogP contribution is -2.57. The van der Waals surface area contributed by atoms with Gasteiger partial charge in [-0.3, -0.25) is 0 Å². The van der Waals surface area contributed by atoms with Gasteiger partial charge in [0.15, 0.2) is 0 Å². The lowest BCUT2D eigenvalue weighted by Gasteiger charge is -2.64. The van der Waals surface area contributed by atoms with E-state index in [1.807, 2.05) is 0 Å². The summed E-state index contributed by atoms with van der Waals surface area (Å²) in [5.74, 6) is 0.767. The Bertz CT molecular complexity index is 311. The van der Waals surface area contributed by atoms with Crippen molar-refractivity contribution in [3.8, 4) is 0 Å². The Morgan fingerprint density at radius 2 is 1.20 bits per heavy atom. The second-order valence-electron chi connectivity index (χ2n) is 6.89. The van der Waals surface area contributed by atoms with Crippen molar-refractivity contribution in [1.29, 1.82) is 0 Å². The maximum atomic E-state index is 2.64. The summed E-state index contributed by atoms with van der Waals surface area (Å²) in [7, 11) is 0. The van der Waals surface area contributed by atoms with Crippen LogP contribution < -0.4 is 0 Å². The zero-order valence-electron chi connectivity index (χ0n) is 15.2. The van der Waals surface area contributed by atoms with Crippen LogP contribution in [0.15, 0.2) is 12.2 Å². The highest BCUT2D eigenvalue weighted by Crippen LogP contribution is 2.68. The van der Waals surface area contributed by atoms with Crippen LogP contribution in [0.25, 0.3) is 0 Å². The normalized spacial score (nSPS) is 26.6. The third-order valence-electron chi connectivity index (χ3n) is 7.43. The molecule has 0 N–H and O–H groups in total. The third-order valence-corrected chi connectivity index (χ3v) is 7.43.